The Labute approximate surface area is 29.2 Å². The molecule has 0 fully saturated rings. The molecular formula is CH4N3O. The summed E-state index contributed by atoms with van der Waals surface area (Å²) in [6.07, 6.45) is 1.82. The summed E-state index contributed by atoms with van der Waals surface area (Å²) in [5.41, 5.74) is 1.85. The zero-order valence-corrected chi connectivity index (χ0v) is 2.47. The van der Waals surface area contributed by atoms with E-state index in [9.17, 15) is 0 Å². The van der Waals surface area contributed by atoms with E-state index in [1.54, 1.807) is 0 Å². The van der Waals surface area contributed by atoms with Gasteiger partial charge in [0.25, 0.3) is 0 Å². The number of hydrogen-bond acceptors (Lipinski definition) is 3. The Morgan fingerprint density at radius 3 is 2.60 bits per heavy atom. The molecule has 5 heavy (non-hydrogen) atoms. The van der Waals surface area contributed by atoms with Gasteiger partial charge in [0, 0.05) is 0 Å². The highest BCUT2D eigenvalue weighted by Crippen LogP contribution is 1.32. The molecule has 0 saturated heterocycles. The first-order chi connectivity index (χ1) is 2.41. The predicted octanol–water partition coefficient (Wildman–Crippen LogP) is -1.26. The summed E-state index contributed by atoms with van der Waals surface area (Å²) < 4.78 is 0. The number of nitrogens with one attached hydrogen (secondary N) is 1. The minimum absolute atomic E-state index is 1.82. The molecule has 0 aromatic heterocycles. The van der Waals surface area contributed by atoms with E-state index >= 15 is 0 Å². The Balaban J connectivity index is 2.62. The molecule has 0 saturated carbocycles. The number of hydrogen-bond donors (Lipinski definition) is 3. The highest BCUT2D eigenvalue weighted by Gasteiger charge is 1.51. The molecule has 0 spiro atoms. The maximum Gasteiger partial charge on any atom is 0.226 e. The van der Waals surface area contributed by atoms with Gasteiger partial charge in [-0.1, -0.05) is 5.16 Å². The number of nitrogens with two attached hydrogens (primary N) is 1. The molecule has 4 heteroatoms. The number of hydrazine groups is 1. The minimum atomic E-state index is 1.82. The average molecular weight is 74.1 g/mol. The van der Waals surface area contributed by atoms with Crippen molar-refractivity contribution in [2.75, 3.05) is 0 Å². The molecular weight excluding hydrogens is 70.0 g/mol. The van der Waals surface area contributed by atoms with Crippen LogP contribution in [0.1, 0.15) is 0 Å². The fraction of sp³-hybridized carbons (Fsp3) is 0. The van der Waals surface area contributed by atoms with Crippen molar-refractivity contribution in [3.8, 4) is 0 Å². The molecule has 0 aliphatic rings. The Morgan fingerprint density at radius 1 is 2.00 bits per heavy atom. The zero-order chi connectivity index (χ0) is 4.12. The van der Waals surface area contributed by atoms with Crippen molar-refractivity contribution >= 4 is 6.34 Å². The molecule has 29 valence electrons. The maximum atomic E-state index is 7.44. The van der Waals surface area contributed by atoms with Crippen LogP contribution in [0.2, 0.25) is 0 Å². The topological polar surface area (TPSA) is 70.6 Å². The summed E-state index contributed by atoms with van der Waals surface area (Å²) in [6.45, 7) is 0. The van der Waals surface area contributed by atoms with Crippen molar-refractivity contribution < 1.29 is 5.21 Å². The number of nitrogens with zero attached hydrogens (tertiary/aromatic N) is 1. The summed E-state index contributed by atoms with van der Waals surface area (Å²) in [6, 6.07) is 0. The summed E-state index contributed by atoms with van der Waals surface area (Å²) >= 11 is 0. The summed E-state index contributed by atoms with van der Waals surface area (Å²) in [5.74, 6) is 4.52. The summed E-state index contributed by atoms with van der Waals surface area (Å²) in [5, 5.41) is 9.81. The van der Waals surface area contributed by atoms with Gasteiger partial charge < -0.3 is 10.6 Å². The van der Waals surface area contributed by atoms with E-state index in [-0.39, 0.29) is 0 Å². The number of rotatable bonds is 1. The van der Waals surface area contributed by atoms with Crippen LogP contribution in [0.3, 0.4) is 0 Å². The molecule has 0 bridgehead atoms. The highest BCUT2D eigenvalue weighted by atomic mass is 16.4. The summed E-state index contributed by atoms with van der Waals surface area (Å²) in [7, 11) is 0. The molecule has 0 amide bonds. The van der Waals surface area contributed by atoms with Gasteiger partial charge in [0.2, 0.25) is 6.34 Å². The Morgan fingerprint density at radius 2 is 2.60 bits per heavy atom. The van der Waals surface area contributed by atoms with Crippen LogP contribution in [0.5, 0.6) is 0 Å². The molecule has 0 aromatic rings. The van der Waals surface area contributed by atoms with Gasteiger partial charge >= 0.3 is 0 Å². The molecule has 0 aromatic carbocycles. The lowest BCUT2D eigenvalue weighted by Gasteiger charge is -1.71. The van der Waals surface area contributed by atoms with E-state index < -0.39 is 0 Å². The Hall–Kier alpha value is -0.770. The van der Waals surface area contributed by atoms with Crippen molar-refractivity contribution in [3.05, 3.63) is 0 Å². The van der Waals surface area contributed by atoms with Crippen LogP contribution in [-0.2, 0) is 0 Å². The van der Waals surface area contributed by atoms with Crippen molar-refractivity contribution in [1.29, 1.82) is 0 Å². The maximum absolute atomic E-state index is 7.44. The normalized spacial score (nSPS) is 9.00. The molecule has 0 aliphatic heterocycles. The third kappa shape index (κ3) is 3.23. The van der Waals surface area contributed by atoms with Gasteiger partial charge in [-0.3, -0.25) is 0 Å². The van der Waals surface area contributed by atoms with E-state index in [1.807, 2.05) is 11.8 Å². The molecule has 0 atom stereocenters. The van der Waals surface area contributed by atoms with Gasteiger partial charge in [-0.15, -0.1) is 0 Å². The smallest absolute Gasteiger partial charge is 0.226 e. The largest absolute Gasteiger partial charge is 0.409 e. The van der Waals surface area contributed by atoms with Crippen molar-refractivity contribution in [1.82, 2.24) is 5.43 Å². The lowest BCUT2D eigenvalue weighted by molar-refractivity contribution is 0.319. The minimum Gasteiger partial charge on any atom is -0.409 e. The molecule has 1 radical (unpaired) electrons. The Kier molecular flexibility index (Phi) is 2.73. The first kappa shape index (κ1) is 4.23. The molecule has 0 unspecified atom stereocenters. The fourth-order valence-corrected chi connectivity index (χ4v) is 0.0289. The quantitative estimate of drug-likeness (QED) is 0.0908. The van der Waals surface area contributed by atoms with Gasteiger partial charge in [0.1, 0.15) is 0 Å². The van der Waals surface area contributed by atoms with Gasteiger partial charge in [-0.25, -0.2) is 5.84 Å². The third-order valence-corrected chi connectivity index (χ3v) is 0.115. The molecule has 0 aliphatic carbocycles. The second kappa shape index (κ2) is 3.23. The highest BCUT2D eigenvalue weighted by molar-refractivity contribution is 5.51. The average Bonchev–Trinajstić information content (AvgIpc) is 1.41. The van der Waals surface area contributed by atoms with Crippen molar-refractivity contribution in [2.24, 2.45) is 11.0 Å². The SMILES string of the molecule is NN[C]=NO. The second-order valence-corrected chi connectivity index (χ2v) is 0.356. The van der Waals surface area contributed by atoms with Crippen LogP contribution in [0.25, 0.3) is 0 Å². The van der Waals surface area contributed by atoms with E-state index in [0.29, 0.717) is 0 Å². The van der Waals surface area contributed by atoms with Crippen LogP contribution in [0.15, 0.2) is 5.16 Å². The fourth-order valence-electron chi connectivity index (χ4n) is 0.0289. The van der Waals surface area contributed by atoms with Crippen LogP contribution < -0.4 is 11.3 Å². The van der Waals surface area contributed by atoms with Crippen LogP contribution in [0.4, 0.5) is 0 Å². The van der Waals surface area contributed by atoms with E-state index in [2.05, 4.69) is 11.0 Å². The van der Waals surface area contributed by atoms with E-state index in [0.717, 1.165) is 0 Å². The van der Waals surface area contributed by atoms with Gasteiger partial charge in [0.15, 0.2) is 0 Å². The zero-order valence-electron chi connectivity index (χ0n) is 2.47. The molecule has 0 rings (SSSR count). The molecule has 4 nitrogen and oxygen atoms in total. The lowest BCUT2D eigenvalue weighted by Crippen LogP contribution is -2.18. The molecule has 0 heterocycles. The summed E-state index contributed by atoms with van der Waals surface area (Å²) in [4.78, 5) is 0. The lowest BCUT2D eigenvalue weighted by atomic mass is 11.4. The van der Waals surface area contributed by atoms with Crippen molar-refractivity contribution in [3.63, 3.8) is 0 Å². The van der Waals surface area contributed by atoms with Crippen LogP contribution in [-0.4, -0.2) is 11.5 Å². The molecule has 4 N–H and O–H groups in total. The standard InChI is InChI=1S/CH4N3O/c2-3-1-4-5/h5H,2H2,(H,3,4). The monoisotopic (exact) mass is 74.0 g/mol. The van der Waals surface area contributed by atoms with Gasteiger partial charge in [-0.2, -0.15) is 0 Å². The first-order valence-electron chi connectivity index (χ1n) is 0.962. The Bertz CT molecular complexity index is 33.9. The predicted molar refractivity (Wildman–Crippen MR) is 16.5 cm³/mol. The second-order valence-electron chi connectivity index (χ2n) is 0.356. The van der Waals surface area contributed by atoms with Gasteiger partial charge in [-0.05, 0) is 0 Å². The van der Waals surface area contributed by atoms with Crippen molar-refractivity contribution in [2.45, 2.75) is 0 Å². The van der Waals surface area contributed by atoms with Gasteiger partial charge in [0.05, 0.1) is 0 Å². The van der Waals surface area contributed by atoms with E-state index in [4.69, 9.17) is 5.21 Å². The van der Waals surface area contributed by atoms with Crippen LogP contribution in [0, 0.1) is 0 Å². The first-order valence-corrected chi connectivity index (χ1v) is 0.962. The third-order valence-electron chi connectivity index (χ3n) is 0.115. The van der Waals surface area contributed by atoms with E-state index in [1.165, 1.54) is 0 Å². The van der Waals surface area contributed by atoms with Crippen LogP contribution >= 0.6 is 0 Å².